The molecule has 4 aliphatic rings. The lowest BCUT2D eigenvalue weighted by Gasteiger charge is -2.42. The van der Waals surface area contributed by atoms with E-state index in [1.165, 1.54) is 11.0 Å². The molecule has 0 spiro atoms. The molecule has 2 aromatic carbocycles. The SMILES string of the molecule is CC1=CC(=O)C2=C(C1=O)[C@@H](c1ccc(OCCO)cc1)C1=CC[C@@H]3C(=O)N(c4ccccc4)C(=O)[C@@H]3[C@@H]1C2. The number of ether oxygens (including phenoxy) is 1. The van der Waals surface area contributed by atoms with E-state index in [2.05, 4.69) is 0 Å². The molecule has 0 saturated carbocycles. The Kier molecular flexibility index (Phi) is 5.95. The molecule has 2 aromatic rings. The Morgan fingerprint density at radius 2 is 1.68 bits per heavy atom. The molecule has 192 valence electrons. The van der Waals surface area contributed by atoms with E-state index in [-0.39, 0.29) is 48.9 Å². The molecule has 0 radical (unpaired) electrons. The summed E-state index contributed by atoms with van der Waals surface area (Å²) in [7, 11) is 0. The van der Waals surface area contributed by atoms with Gasteiger partial charge >= 0.3 is 0 Å². The topological polar surface area (TPSA) is 101 Å². The van der Waals surface area contributed by atoms with Gasteiger partial charge in [0.15, 0.2) is 11.6 Å². The lowest BCUT2D eigenvalue weighted by atomic mass is 9.59. The number of ketones is 2. The zero-order chi connectivity index (χ0) is 26.6. The molecule has 1 N–H and O–H groups in total. The Morgan fingerprint density at radius 3 is 2.39 bits per heavy atom. The predicted octanol–water partition coefficient (Wildman–Crippen LogP) is 3.69. The molecule has 4 atom stereocenters. The van der Waals surface area contributed by atoms with Crippen LogP contribution in [0.3, 0.4) is 0 Å². The van der Waals surface area contributed by atoms with Crippen molar-refractivity contribution in [2.24, 2.45) is 17.8 Å². The van der Waals surface area contributed by atoms with Crippen molar-refractivity contribution in [3.8, 4) is 5.75 Å². The Hall–Kier alpha value is -4.10. The first kappa shape index (κ1) is 24.2. The summed E-state index contributed by atoms with van der Waals surface area (Å²) in [4.78, 5) is 55.2. The van der Waals surface area contributed by atoms with Crippen molar-refractivity contribution in [3.63, 3.8) is 0 Å². The average Bonchev–Trinajstić information content (AvgIpc) is 3.20. The summed E-state index contributed by atoms with van der Waals surface area (Å²) < 4.78 is 5.51. The minimum absolute atomic E-state index is 0.104. The first-order chi connectivity index (χ1) is 18.4. The van der Waals surface area contributed by atoms with Crippen LogP contribution >= 0.6 is 0 Å². The van der Waals surface area contributed by atoms with Crippen LogP contribution in [0.2, 0.25) is 0 Å². The molecule has 0 unspecified atom stereocenters. The fourth-order valence-corrected chi connectivity index (χ4v) is 6.49. The number of Topliss-reactive ketones (excluding diaryl/α,β-unsaturated/α-hetero) is 1. The first-order valence-electron chi connectivity index (χ1n) is 12.9. The van der Waals surface area contributed by atoms with E-state index < -0.39 is 17.8 Å². The van der Waals surface area contributed by atoms with Gasteiger partial charge in [-0.05, 0) is 61.6 Å². The summed E-state index contributed by atoms with van der Waals surface area (Å²) in [6.45, 7) is 1.72. The maximum atomic E-state index is 13.8. The van der Waals surface area contributed by atoms with Crippen LogP contribution in [0.1, 0.15) is 31.2 Å². The van der Waals surface area contributed by atoms with Crippen molar-refractivity contribution in [2.75, 3.05) is 18.1 Å². The summed E-state index contributed by atoms with van der Waals surface area (Å²) in [6, 6.07) is 16.2. The molecule has 3 aliphatic carbocycles. The molecule has 1 fully saturated rings. The largest absolute Gasteiger partial charge is 0.491 e. The summed E-state index contributed by atoms with van der Waals surface area (Å²) in [6.07, 6.45) is 4.06. The van der Waals surface area contributed by atoms with Crippen LogP contribution in [-0.2, 0) is 19.2 Å². The van der Waals surface area contributed by atoms with Gasteiger partial charge in [-0.3, -0.25) is 24.1 Å². The molecule has 7 heteroatoms. The Morgan fingerprint density at radius 1 is 0.947 bits per heavy atom. The van der Waals surface area contributed by atoms with Crippen LogP contribution in [0.5, 0.6) is 5.75 Å². The Labute approximate surface area is 220 Å². The fraction of sp³-hybridized carbons (Fsp3) is 0.290. The second kappa shape index (κ2) is 9.33. The first-order valence-corrected chi connectivity index (χ1v) is 12.9. The second-order valence-electron chi connectivity index (χ2n) is 10.2. The van der Waals surface area contributed by atoms with Crippen molar-refractivity contribution in [1.82, 2.24) is 0 Å². The average molecular weight is 510 g/mol. The van der Waals surface area contributed by atoms with Crippen LogP contribution < -0.4 is 9.64 Å². The number of allylic oxidation sites excluding steroid dienone is 6. The lowest BCUT2D eigenvalue weighted by molar-refractivity contribution is -0.123. The number of carbonyl (C=O) groups is 4. The van der Waals surface area contributed by atoms with Crippen molar-refractivity contribution in [3.05, 3.63) is 94.6 Å². The van der Waals surface area contributed by atoms with Crippen LogP contribution in [0.25, 0.3) is 0 Å². The van der Waals surface area contributed by atoms with Crippen LogP contribution in [-0.4, -0.2) is 41.7 Å². The highest BCUT2D eigenvalue weighted by atomic mass is 16.5. The highest BCUT2D eigenvalue weighted by Crippen LogP contribution is 2.55. The zero-order valence-electron chi connectivity index (χ0n) is 20.9. The lowest BCUT2D eigenvalue weighted by Crippen LogP contribution is -2.39. The second-order valence-corrected chi connectivity index (χ2v) is 10.2. The number of imide groups is 1. The van der Waals surface area contributed by atoms with E-state index in [0.29, 0.717) is 34.6 Å². The standard InChI is InChI=1S/C31H27NO6/c1-17-15-25(34)24-16-23-21(26(28(24)29(17)35)18-7-9-20(10-8-18)38-14-13-33)11-12-22-27(23)31(37)32(30(22)36)19-5-3-2-4-6-19/h2-11,15,22-23,26-27,33H,12-14,16H2,1H3/t22-,23+,26-,27-/m0/s1. The monoisotopic (exact) mass is 509 g/mol. The Bertz CT molecular complexity index is 1450. The minimum Gasteiger partial charge on any atom is -0.491 e. The molecule has 1 saturated heterocycles. The van der Waals surface area contributed by atoms with Gasteiger partial charge in [-0.25, -0.2) is 0 Å². The van der Waals surface area contributed by atoms with Crippen molar-refractivity contribution >= 4 is 29.1 Å². The number of aliphatic hydroxyl groups excluding tert-OH is 1. The predicted molar refractivity (Wildman–Crippen MR) is 139 cm³/mol. The van der Waals surface area contributed by atoms with E-state index in [1.54, 1.807) is 43.3 Å². The van der Waals surface area contributed by atoms with Crippen LogP contribution in [0.15, 0.2) is 89.0 Å². The number of carbonyl (C=O) groups excluding carboxylic acids is 4. The highest BCUT2D eigenvalue weighted by molar-refractivity contribution is 6.25. The molecular weight excluding hydrogens is 482 g/mol. The smallest absolute Gasteiger partial charge is 0.238 e. The summed E-state index contributed by atoms with van der Waals surface area (Å²) in [5.74, 6) is -2.21. The van der Waals surface area contributed by atoms with Crippen molar-refractivity contribution in [2.45, 2.75) is 25.7 Å². The third-order valence-corrected chi connectivity index (χ3v) is 8.15. The number of rotatable bonds is 5. The third kappa shape index (κ3) is 3.69. The normalized spacial score (nSPS) is 26.5. The molecular formula is C31H27NO6. The molecule has 1 aliphatic heterocycles. The minimum atomic E-state index is -0.596. The summed E-state index contributed by atoms with van der Waals surface area (Å²) in [5, 5.41) is 9.06. The molecule has 0 aromatic heterocycles. The number of benzene rings is 2. The van der Waals surface area contributed by atoms with Gasteiger partial charge in [0.05, 0.1) is 24.1 Å². The van der Waals surface area contributed by atoms with Gasteiger partial charge in [-0.2, -0.15) is 0 Å². The highest BCUT2D eigenvalue weighted by Gasteiger charge is 2.56. The van der Waals surface area contributed by atoms with Gasteiger partial charge in [0.2, 0.25) is 11.8 Å². The van der Waals surface area contributed by atoms with Gasteiger partial charge in [-0.15, -0.1) is 0 Å². The van der Waals surface area contributed by atoms with Crippen LogP contribution in [0.4, 0.5) is 5.69 Å². The molecule has 38 heavy (non-hydrogen) atoms. The van der Waals surface area contributed by atoms with Gasteiger partial charge in [0.1, 0.15) is 12.4 Å². The van der Waals surface area contributed by atoms with E-state index in [1.807, 2.05) is 24.3 Å². The zero-order valence-corrected chi connectivity index (χ0v) is 20.9. The maximum Gasteiger partial charge on any atom is 0.238 e. The van der Waals surface area contributed by atoms with E-state index in [0.717, 1.165) is 11.1 Å². The van der Waals surface area contributed by atoms with Gasteiger partial charge in [0.25, 0.3) is 0 Å². The molecule has 2 amide bonds. The quantitative estimate of drug-likeness (QED) is 0.375. The number of nitrogens with zero attached hydrogens (tertiary/aromatic N) is 1. The van der Waals surface area contributed by atoms with E-state index >= 15 is 0 Å². The number of hydrogen-bond acceptors (Lipinski definition) is 6. The Balaban J connectivity index is 1.44. The number of anilines is 1. The molecule has 7 nitrogen and oxygen atoms in total. The number of hydrogen-bond donors (Lipinski definition) is 1. The molecule has 0 bridgehead atoms. The maximum absolute atomic E-state index is 13.8. The number of aliphatic hydroxyl groups is 1. The van der Waals surface area contributed by atoms with Crippen molar-refractivity contribution < 1.29 is 29.0 Å². The van der Waals surface area contributed by atoms with Crippen LogP contribution in [0, 0.1) is 17.8 Å². The van der Waals surface area contributed by atoms with Crippen molar-refractivity contribution in [1.29, 1.82) is 0 Å². The van der Waals surface area contributed by atoms with Gasteiger partial charge < -0.3 is 9.84 Å². The number of para-hydroxylation sites is 1. The molecule has 6 rings (SSSR count). The van der Waals surface area contributed by atoms with Gasteiger partial charge in [0, 0.05) is 22.6 Å². The van der Waals surface area contributed by atoms with E-state index in [4.69, 9.17) is 9.84 Å². The number of fused-ring (bicyclic) bond motifs is 3. The fourth-order valence-electron chi connectivity index (χ4n) is 6.49. The van der Waals surface area contributed by atoms with E-state index in [9.17, 15) is 19.2 Å². The van der Waals surface area contributed by atoms with Gasteiger partial charge in [-0.1, -0.05) is 42.0 Å². The number of amides is 2. The summed E-state index contributed by atoms with van der Waals surface area (Å²) in [5.41, 5.74) is 3.59. The molecule has 1 heterocycles. The third-order valence-electron chi connectivity index (χ3n) is 8.15. The summed E-state index contributed by atoms with van der Waals surface area (Å²) >= 11 is 0.